The van der Waals surface area contributed by atoms with Crippen LogP contribution in [0.25, 0.3) is 16.9 Å². The van der Waals surface area contributed by atoms with Crippen molar-refractivity contribution < 1.29 is 18.0 Å². The van der Waals surface area contributed by atoms with E-state index in [1.165, 1.54) is 10.7 Å². The van der Waals surface area contributed by atoms with Gasteiger partial charge in [0.1, 0.15) is 5.82 Å². The van der Waals surface area contributed by atoms with Crippen LogP contribution >= 0.6 is 0 Å². The first-order chi connectivity index (χ1) is 11.7. The predicted octanol–water partition coefficient (Wildman–Crippen LogP) is 3.34. The Kier molecular flexibility index (Phi) is 3.98. The number of hydrogen-bond acceptors (Lipinski definition) is 3. The van der Waals surface area contributed by atoms with E-state index in [1.54, 1.807) is 6.92 Å². The van der Waals surface area contributed by atoms with Crippen LogP contribution in [0.5, 0.6) is 0 Å². The lowest BCUT2D eigenvalue weighted by Crippen LogP contribution is -2.14. The largest absolute Gasteiger partial charge is 0.364 e. The fourth-order valence-electron chi connectivity index (χ4n) is 2.86. The zero-order chi connectivity index (χ0) is 18.5. The third kappa shape index (κ3) is 2.63. The monoisotopic (exact) mass is 348 g/mol. The molecule has 1 aromatic carbocycles. The molecule has 0 saturated carbocycles. The Morgan fingerprint density at radius 3 is 2.52 bits per heavy atom. The number of halogens is 3. The summed E-state index contributed by atoms with van der Waals surface area (Å²) < 4.78 is 42.8. The quantitative estimate of drug-likeness (QED) is 0.738. The molecule has 8 heteroatoms. The fourth-order valence-corrected chi connectivity index (χ4v) is 2.86. The van der Waals surface area contributed by atoms with Crippen molar-refractivity contribution >= 4 is 11.6 Å². The first-order valence-electron chi connectivity index (χ1n) is 7.55. The van der Waals surface area contributed by atoms with E-state index in [0.29, 0.717) is 17.2 Å². The van der Waals surface area contributed by atoms with Crippen LogP contribution < -0.4 is 5.73 Å². The molecule has 25 heavy (non-hydrogen) atoms. The van der Waals surface area contributed by atoms with Crippen molar-refractivity contribution in [2.24, 2.45) is 5.73 Å². The Labute approximate surface area is 141 Å². The summed E-state index contributed by atoms with van der Waals surface area (Å²) >= 11 is 0. The number of primary amides is 1. The standard InChI is InChI=1S/C17H15F3N4O/c1-7(2)12-14(16(21)25)23-24-15(8(3)6-22-17(12)24)10-4-9(18)5-11(19)13(10)20/h4-7H,1-3H3,(H2,21,25). The second kappa shape index (κ2) is 5.87. The van der Waals surface area contributed by atoms with Crippen molar-refractivity contribution in [2.45, 2.75) is 26.7 Å². The summed E-state index contributed by atoms with van der Waals surface area (Å²) in [4.78, 5) is 16.0. The summed E-state index contributed by atoms with van der Waals surface area (Å²) in [6, 6.07) is 1.34. The maximum Gasteiger partial charge on any atom is 0.269 e. The average Bonchev–Trinajstić information content (AvgIpc) is 2.91. The minimum Gasteiger partial charge on any atom is -0.364 e. The van der Waals surface area contributed by atoms with Gasteiger partial charge >= 0.3 is 0 Å². The van der Waals surface area contributed by atoms with Gasteiger partial charge in [0.15, 0.2) is 23.0 Å². The molecule has 3 aromatic rings. The van der Waals surface area contributed by atoms with Gasteiger partial charge in [0.25, 0.3) is 5.91 Å². The molecule has 0 fully saturated rings. The summed E-state index contributed by atoms with van der Waals surface area (Å²) in [7, 11) is 0. The van der Waals surface area contributed by atoms with Crippen LogP contribution in [0.2, 0.25) is 0 Å². The van der Waals surface area contributed by atoms with Gasteiger partial charge in [-0.1, -0.05) is 13.8 Å². The molecule has 0 unspecified atom stereocenters. The molecule has 2 N–H and O–H groups in total. The highest BCUT2D eigenvalue weighted by molar-refractivity contribution is 5.94. The highest BCUT2D eigenvalue weighted by Crippen LogP contribution is 2.32. The molecule has 2 heterocycles. The highest BCUT2D eigenvalue weighted by atomic mass is 19.2. The van der Waals surface area contributed by atoms with Crippen molar-refractivity contribution in [3.8, 4) is 11.3 Å². The molecule has 130 valence electrons. The number of hydrogen-bond donors (Lipinski definition) is 1. The second-order valence-corrected chi connectivity index (χ2v) is 6.06. The molecule has 5 nitrogen and oxygen atoms in total. The topological polar surface area (TPSA) is 73.3 Å². The molecule has 0 saturated heterocycles. The molecular weight excluding hydrogens is 333 g/mol. The van der Waals surface area contributed by atoms with Gasteiger partial charge in [-0.25, -0.2) is 22.7 Å². The van der Waals surface area contributed by atoms with Crippen LogP contribution in [0.1, 0.15) is 41.4 Å². The molecule has 0 aliphatic heterocycles. The number of benzene rings is 1. The van der Waals surface area contributed by atoms with E-state index in [4.69, 9.17) is 5.73 Å². The molecule has 0 spiro atoms. The van der Waals surface area contributed by atoms with Crippen molar-refractivity contribution in [1.82, 2.24) is 14.6 Å². The molecule has 3 rings (SSSR count). The Morgan fingerprint density at radius 1 is 1.24 bits per heavy atom. The van der Waals surface area contributed by atoms with Gasteiger partial charge in [-0.3, -0.25) is 4.79 Å². The lowest BCUT2D eigenvalue weighted by atomic mass is 10.0. The molecule has 0 aliphatic rings. The second-order valence-electron chi connectivity index (χ2n) is 6.06. The third-order valence-corrected chi connectivity index (χ3v) is 3.92. The molecule has 0 aliphatic carbocycles. The zero-order valence-corrected chi connectivity index (χ0v) is 13.8. The predicted molar refractivity (Wildman–Crippen MR) is 85.6 cm³/mol. The van der Waals surface area contributed by atoms with E-state index in [-0.39, 0.29) is 28.5 Å². The fraction of sp³-hybridized carbons (Fsp3) is 0.235. The number of carbonyl (C=O) groups excluding carboxylic acids is 1. The van der Waals surface area contributed by atoms with Gasteiger partial charge in [-0.15, -0.1) is 0 Å². The number of aryl methyl sites for hydroxylation is 1. The number of fused-ring (bicyclic) bond motifs is 1. The normalized spacial score (nSPS) is 11.5. The number of nitrogens with zero attached hydrogens (tertiary/aromatic N) is 3. The lowest BCUT2D eigenvalue weighted by molar-refractivity contribution is 0.0994. The van der Waals surface area contributed by atoms with Crippen LogP contribution in [0.4, 0.5) is 13.2 Å². The van der Waals surface area contributed by atoms with Gasteiger partial charge < -0.3 is 5.73 Å². The number of rotatable bonds is 3. The first-order valence-corrected chi connectivity index (χ1v) is 7.55. The van der Waals surface area contributed by atoms with Gasteiger partial charge in [0, 0.05) is 23.4 Å². The molecule has 0 radical (unpaired) electrons. The van der Waals surface area contributed by atoms with Gasteiger partial charge in [0.05, 0.1) is 5.69 Å². The summed E-state index contributed by atoms with van der Waals surface area (Å²) in [6.45, 7) is 5.25. The van der Waals surface area contributed by atoms with Crippen molar-refractivity contribution in [3.05, 3.63) is 52.6 Å². The third-order valence-electron chi connectivity index (χ3n) is 3.92. The van der Waals surface area contributed by atoms with E-state index in [2.05, 4.69) is 10.1 Å². The van der Waals surface area contributed by atoms with Crippen molar-refractivity contribution in [1.29, 1.82) is 0 Å². The number of aromatic nitrogens is 3. The van der Waals surface area contributed by atoms with E-state index in [9.17, 15) is 18.0 Å². The molecule has 2 aromatic heterocycles. The molecule has 1 amide bonds. The minimum absolute atomic E-state index is 0.00775. The van der Waals surface area contributed by atoms with Crippen LogP contribution in [0.3, 0.4) is 0 Å². The van der Waals surface area contributed by atoms with E-state index >= 15 is 0 Å². The van der Waals surface area contributed by atoms with Crippen LogP contribution in [-0.2, 0) is 0 Å². The summed E-state index contributed by atoms with van der Waals surface area (Å²) in [5, 5.41) is 4.14. The van der Waals surface area contributed by atoms with Crippen LogP contribution in [-0.4, -0.2) is 20.5 Å². The molecule has 0 atom stereocenters. The van der Waals surface area contributed by atoms with E-state index in [0.717, 1.165) is 6.07 Å². The van der Waals surface area contributed by atoms with E-state index in [1.807, 2.05) is 13.8 Å². The number of amides is 1. The Balaban J connectivity index is 2.47. The molecular formula is C17H15F3N4O. The van der Waals surface area contributed by atoms with Gasteiger partial charge in [0.2, 0.25) is 0 Å². The van der Waals surface area contributed by atoms with Gasteiger partial charge in [-0.2, -0.15) is 5.10 Å². The summed E-state index contributed by atoms with van der Waals surface area (Å²) in [5.41, 5.74) is 6.39. The zero-order valence-electron chi connectivity index (χ0n) is 13.8. The maximum absolute atomic E-state index is 14.3. The summed E-state index contributed by atoms with van der Waals surface area (Å²) in [6.07, 6.45) is 1.44. The number of nitrogens with two attached hydrogens (primary N) is 1. The lowest BCUT2D eigenvalue weighted by Gasteiger charge is -2.11. The minimum atomic E-state index is -1.31. The van der Waals surface area contributed by atoms with Gasteiger partial charge in [-0.05, 0) is 24.5 Å². The molecule has 0 bridgehead atoms. The maximum atomic E-state index is 14.3. The van der Waals surface area contributed by atoms with Crippen LogP contribution in [0.15, 0.2) is 18.3 Å². The van der Waals surface area contributed by atoms with Crippen LogP contribution in [0, 0.1) is 24.4 Å². The Hall–Kier alpha value is -2.90. The SMILES string of the molecule is Cc1cnc2c(C(C)C)c(C(N)=O)nn2c1-c1cc(F)cc(F)c1F. The smallest absolute Gasteiger partial charge is 0.269 e. The Morgan fingerprint density at radius 2 is 1.92 bits per heavy atom. The first kappa shape index (κ1) is 16.9. The van der Waals surface area contributed by atoms with Crippen molar-refractivity contribution in [3.63, 3.8) is 0 Å². The average molecular weight is 348 g/mol. The van der Waals surface area contributed by atoms with Crippen molar-refractivity contribution in [2.75, 3.05) is 0 Å². The van der Waals surface area contributed by atoms with E-state index < -0.39 is 23.4 Å². The highest BCUT2D eigenvalue weighted by Gasteiger charge is 2.25. The summed E-state index contributed by atoms with van der Waals surface area (Å²) in [5.74, 6) is -4.35. The Bertz CT molecular complexity index is 1010. The number of carbonyl (C=O) groups is 1.